The van der Waals surface area contributed by atoms with Crippen molar-refractivity contribution in [2.45, 2.75) is 6.54 Å². The van der Waals surface area contributed by atoms with Crippen molar-refractivity contribution in [3.63, 3.8) is 0 Å². The van der Waals surface area contributed by atoms with Crippen LogP contribution in [0.25, 0.3) is 0 Å². The van der Waals surface area contributed by atoms with Crippen molar-refractivity contribution in [2.75, 3.05) is 12.4 Å². The maximum Gasteiger partial charge on any atom is 0.131 e. The van der Waals surface area contributed by atoms with Crippen LogP contribution in [0.5, 0.6) is 5.75 Å². The van der Waals surface area contributed by atoms with Crippen LogP contribution < -0.4 is 10.1 Å². The van der Waals surface area contributed by atoms with Crippen molar-refractivity contribution in [2.24, 2.45) is 0 Å². The van der Waals surface area contributed by atoms with Crippen LogP contribution in [-0.4, -0.2) is 7.11 Å². The highest BCUT2D eigenvalue weighted by molar-refractivity contribution is 9.10. The fraction of sp³-hybridized carbons (Fsp3) is 0.143. The molecule has 0 amide bonds. The third kappa shape index (κ3) is 3.67. The van der Waals surface area contributed by atoms with Gasteiger partial charge in [0.15, 0.2) is 0 Å². The quantitative estimate of drug-likeness (QED) is 0.901. The van der Waals surface area contributed by atoms with Crippen LogP contribution in [0.1, 0.15) is 5.56 Å². The van der Waals surface area contributed by atoms with Crippen molar-refractivity contribution in [1.29, 1.82) is 0 Å². The number of halogens is 3. The van der Waals surface area contributed by atoms with Crippen molar-refractivity contribution in [3.05, 3.63) is 58.1 Å². The molecule has 0 atom stereocenters. The number of methoxy groups -OCH3 is 1. The smallest absolute Gasteiger partial charge is 0.131 e. The Morgan fingerprint density at radius 3 is 2.63 bits per heavy atom. The lowest BCUT2D eigenvalue weighted by Gasteiger charge is -2.10. The Hall–Kier alpha value is -1.62. The molecule has 1 N–H and O–H groups in total. The summed E-state index contributed by atoms with van der Waals surface area (Å²) in [6.07, 6.45) is 0. The molecule has 0 aliphatic heterocycles. The van der Waals surface area contributed by atoms with Crippen LogP contribution in [0.15, 0.2) is 40.9 Å². The molecule has 0 fully saturated rings. The van der Waals surface area contributed by atoms with Gasteiger partial charge in [0.25, 0.3) is 0 Å². The Kier molecular flexibility index (Phi) is 4.37. The zero-order valence-electron chi connectivity index (χ0n) is 10.2. The number of anilines is 1. The Morgan fingerprint density at radius 2 is 1.95 bits per heavy atom. The topological polar surface area (TPSA) is 21.3 Å². The lowest BCUT2D eigenvalue weighted by molar-refractivity contribution is 0.414. The molecule has 0 unspecified atom stereocenters. The molecule has 0 aliphatic rings. The SMILES string of the molecule is COc1cc(Br)cc(NCc2ccc(F)cc2F)c1. The molecule has 0 aliphatic carbocycles. The number of rotatable bonds is 4. The summed E-state index contributed by atoms with van der Waals surface area (Å²) in [5.74, 6) is -0.448. The fourth-order valence-electron chi connectivity index (χ4n) is 1.64. The maximum absolute atomic E-state index is 13.5. The molecule has 2 aromatic carbocycles. The second kappa shape index (κ2) is 6.02. The van der Waals surface area contributed by atoms with Gasteiger partial charge in [-0.3, -0.25) is 0 Å². The number of nitrogens with one attached hydrogen (secondary N) is 1. The van der Waals surface area contributed by atoms with Gasteiger partial charge >= 0.3 is 0 Å². The van der Waals surface area contributed by atoms with E-state index in [0.717, 1.165) is 16.2 Å². The minimum absolute atomic E-state index is 0.270. The minimum Gasteiger partial charge on any atom is -0.497 e. The number of benzene rings is 2. The average Bonchev–Trinajstić information content (AvgIpc) is 2.37. The summed E-state index contributed by atoms with van der Waals surface area (Å²) in [6.45, 7) is 0.270. The molecule has 0 bridgehead atoms. The molecule has 2 rings (SSSR count). The summed E-state index contributed by atoms with van der Waals surface area (Å²) in [5, 5.41) is 3.06. The molecule has 0 spiro atoms. The maximum atomic E-state index is 13.5. The highest BCUT2D eigenvalue weighted by atomic mass is 79.9. The van der Waals surface area contributed by atoms with E-state index < -0.39 is 11.6 Å². The van der Waals surface area contributed by atoms with Crippen LogP contribution in [0.3, 0.4) is 0 Å². The van der Waals surface area contributed by atoms with Gasteiger partial charge in [-0.25, -0.2) is 8.78 Å². The molecule has 100 valence electrons. The fourth-order valence-corrected chi connectivity index (χ4v) is 2.12. The first-order chi connectivity index (χ1) is 9.08. The Morgan fingerprint density at radius 1 is 1.16 bits per heavy atom. The number of hydrogen-bond donors (Lipinski definition) is 1. The van der Waals surface area contributed by atoms with E-state index in [1.54, 1.807) is 13.2 Å². The normalized spacial score (nSPS) is 10.3. The van der Waals surface area contributed by atoms with E-state index in [2.05, 4.69) is 21.2 Å². The van der Waals surface area contributed by atoms with E-state index in [1.807, 2.05) is 12.1 Å². The predicted octanol–water partition coefficient (Wildman–Crippen LogP) is 4.35. The molecule has 2 nitrogen and oxygen atoms in total. The molecular formula is C14H12BrF2NO. The van der Waals surface area contributed by atoms with Gasteiger partial charge in [0.05, 0.1) is 7.11 Å². The van der Waals surface area contributed by atoms with Crippen LogP contribution in [-0.2, 0) is 6.54 Å². The highest BCUT2D eigenvalue weighted by Gasteiger charge is 2.04. The van der Waals surface area contributed by atoms with Gasteiger partial charge in [-0.1, -0.05) is 22.0 Å². The number of hydrogen-bond acceptors (Lipinski definition) is 2. The van der Waals surface area contributed by atoms with E-state index in [-0.39, 0.29) is 6.54 Å². The van der Waals surface area contributed by atoms with Gasteiger partial charge in [0, 0.05) is 34.4 Å². The van der Waals surface area contributed by atoms with E-state index in [1.165, 1.54) is 12.1 Å². The second-order valence-corrected chi connectivity index (χ2v) is 4.88. The molecule has 0 saturated heterocycles. The molecule has 2 aromatic rings. The monoisotopic (exact) mass is 327 g/mol. The van der Waals surface area contributed by atoms with Crippen molar-refractivity contribution in [1.82, 2.24) is 0 Å². The van der Waals surface area contributed by atoms with Crippen molar-refractivity contribution >= 4 is 21.6 Å². The summed E-state index contributed by atoms with van der Waals surface area (Å²) in [6, 6.07) is 9.01. The Labute approximate surface area is 118 Å². The molecule has 0 aromatic heterocycles. The summed E-state index contributed by atoms with van der Waals surface area (Å²) < 4.78 is 32.2. The van der Waals surface area contributed by atoms with Crippen LogP contribution >= 0.6 is 15.9 Å². The molecule has 0 saturated carbocycles. The highest BCUT2D eigenvalue weighted by Crippen LogP contribution is 2.25. The molecule has 5 heteroatoms. The van der Waals surface area contributed by atoms with E-state index in [9.17, 15) is 8.78 Å². The second-order valence-electron chi connectivity index (χ2n) is 3.97. The van der Waals surface area contributed by atoms with Gasteiger partial charge < -0.3 is 10.1 Å². The molecule has 0 radical (unpaired) electrons. The van der Waals surface area contributed by atoms with Crippen LogP contribution in [0.2, 0.25) is 0 Å². The summed E-state index contributed by atoms with van der Waals surface area (Å²) in [5.41, 5.74) is 1.19. The van der Waals surface area contributed by atoms with Gasteiger partial charge in [-0.2, -0.15) is 0 Å². The van der Waals surface area contributed by atoms with Gasteiger partial charge in [0.1, 0.15) is 17.4 Å². The predicted molar refractivity (Wildman–Crippen MR) is 74.4 cm³/mol. The molecular weight excluding hydrogens is 316 g/mol. The Bertz CT molecular complexity index is 590. The van der Waals surface area contributed by atoms with Gasteiger partial charge in [-0.15, -0.1) is 0 Å². The summed E-state index contributed by atoms with van der Waals surface area (Å²) in [4.78, 5) is 0. The molecule has 19 heavy (non-hydrogen) atoms. The van der Waals surface area contributed by atoms with Crippen molar-refractivity contribution in [3.8, 4) is 5.75 Å². The lowest BCUT2D eigenvalue weighted by Crippen LogP contribution is -2.02. The Balaban J connectivity index is 2.12. The van der Waals surface area contributed by atoms with E-state index in [4.69, 9.17) is 4.74 Å². The van der Waals surface area contributed by atoms with Crippen LogP contribution in [0, 0.1) is 11.6 Å². The summed E-state index contributed by atoms with van der Waals surface area (Å²) >= 11 is 3.36. The first-order valence-corrected chi connectivity index (χ1v) is 6.40. The van der Waals surface area contributed by atoms with Crippen LogP contribution in [0.4, 0.5) is 14.5 Å². The zero-order valence-corrected chi connectivity index (χ0v) is 11.8. The van der Waals surface area contributed by atoms with Crippen molar-refractivity contribution < 1.29 is 13.5 Å². The minimum atomic E-state index is -0.578. The molecule has 0 heterocycles. The average molecular weight is 328 g/mol. The van der Waals surface area contributed by atoms with E-state index >= 15 is 0 Å². The third-order valence-electron chi connectivity index (χ3n) is 2.61. The third-order valence-corrected chi connectivity index (χ3v) is 3.06. The lowest BCUT2D eigenvalue weighted by atomic mass is 10.2. The first-order valence-electron chi connectivity index (χ1n) is 5.61. The largest absolute Gasteiger partial charge is 0.497 e. The van der Waals surface area contributed by atoms with Gasteiger partial charge in [0.2, 0.25) is 0 Å². The first kappa shape index (κ1) is 13.8. The standard InChI is InChI=1S/C14H12BrF2NO/c1-19-13-5-10(15)4-12(7-13)18-8-9-2-3-11(16)6-14(9)17/h2-7,18H,8H2,1H3. The number of ether oxygens (including phenoxy) is 1. The summed E-state index contributed by atoms with van der Waals surface area (Å²) in [7, 11) is 1.57. The van der Waals surface area contributed by atoms with E-state index in [0.29, 0.717) is 11.3 Å². The zero-order chi connectivity index (χ0) is 13.8. The van der Waals surface area contributed by atoms with Gasteiger partial charge in [-0.05, 0) is 18.2 Å².